The van der Waals surface area contributed by atoms with Crippen molar-refractivity contribution < 1.29 is 24.0 Å². The van der Waals surface area contributed by atoms with E-state index in [1.807, 2.05) is 55.6 Å². The highest BCUT2D eigenvalue weighted by Gasteiger charge is 2.30. The van der Waals surface area contributed by atoms with Crippen LogP contribution in [0, 0.1) is 0 Å². The zero-order chi connectivity index (χ0) is 19.9. The Labute approximate surface area is 164 Å². The van der Waals surface area contributed by atoms with Crippen LogP contribution in [0.15, 0.2) is 48.5 Å². The van der Waals surface area contributed by atoms with Crippen LogP contribution in [0.4, 0.5) is 4.79 Å². The zero-order valence-corrected chi connectivity index (χ0v) is 16.2. The lowest BCUT2D eigenvalue weighted by Crippen LogP contribution is -3.09. The second kappa shape index (κ2) is 9.23. The van der Waals surface area contributed by atoms with Gasteiger partial charge in [0.2, 0.25) is 0 Å². The molecule has 1 unspecified atom stereocenters. The van der Waals surface area contributed by atoms with E-state index in [0.29, 0.717) is 26.3 Å². The highest BCUT2D eigenvalue weighted by molar-refractivity contribution is 5.96. The summed E-state index contributed by atoms with van der Waals surface area (Å²) >= 11 is 0. The fourth-order valence-corrected chi connectivity index (χ4v) is 3.32. The lowest BCUT2D eigenvalue weighted by Gasteiger charge is -2.25. The van der Waals surface area contributed by atoms with Crippen molar-refractivity contribution in [1.29, 1.82) is 0 Å². The summed E-state index contributed by atoms with van der Waals surface area (Å²) in [5.41, 5.74) is 1.87. The zero-order valence-electron chi connectivity index (χ0n) is 16.2. The maximum atomic E-state index is 12.9. The van der Waals surface area contributed by atoms with Crippen LogP contribution in [0.25, 0.3) is 0 Å². The number of ether oxygens (including phenoxy) is 2. The van der Waals surface area contributed by atoms with Crippen molar-refractivity contribution in [1.82, 2.24) is 10.6 Å². The van der Waals surface area contributed by atoms with Crippen LogP contribution >= 0.6 is 0 Å². The molecule has 7 nitrogen and oxygen atoms in total. The predicted octanol–water partition coefficient (Wildman–Crippen LogP) is 1.06. The summed E-state index contributed by atoms with van der Waals surface area (Å²) in [4.78, 5) is 25.6. The van der Waals surface area contributed by atoms with Crippen molar-refractivity contribution in [2.24, 2.45) is 0 Å². The van der Waals surface area contributed by atoms with Crippen molar-refractivity contribution in [3.8, 4) is 11.5 Å². The number of likely N-dealkylation sites (N-methyl/N-ethyl adjacent to an activating group) is 1. The van der Waals surface area contributed by atoms with Crippen molar-refractivity contribution in [2.45, 2.75) is 19.5 Å². The standard InChI is InChI=1S/C21H25N3O4/c1-3-22-21(26)23-20(25)19(16-7-5-4-6-8-16)24(2)14-15-9-10-17-18(13-15)28-12-11-27-17/h4-10,13,19H,3,11-12,14H2,1-2H3,(H2,22,23,25,26)/p+1/t19-/m1/s1. The molecule has 0 saturated heterocycles. The number of carbonyl (C=O) groups is 2. The van der Waals surface area contributed by atoms with Crippen molar-refractivity contribution >= 4 is 11.9 Å². The van der Waals surface area contributed by atoms with E-state index in [4.69, 9.17) is 9.47 Å². The first-order valence-electron chi connectivity index (χ1n) is 9.43. The third-order valence-corrected chi connectivity index (χ3v) is 4.55. The maximum absolute atomic E-state index is 12.9. The van der Waals surface area contributed by atoms with E-state index < -0.39 is 12.1 Å². The molecule has 3 rings (SSSR count). The SMILES string of the molecule is CCNC(=O)NC(=O)[C@@H](c1ccccc1)[NH+](C)Cc1ccc2c(c1)OCCO2. The van der Waals surface area contributed by atoms with Crippen LogP contribution < -0.4 is 25.0 Å². The molecule has 0 aliphatic carbocycles. The van der Waals surface area contributed by atoms with Gasteiger partial charge in [0.1, 0.15) is 19.8 Å². The first kappa shape index (κ1) is 19.7. The largest absolute Gasteiger partial charge is 0.486 e. The minimum Gasteiger partial charge on any atom is -0.486 e. The number of imide groups is 1. The summed E-state index contributed by atoms with van der Waals surface area (Å²) in [6.45, 7) is 3.92. The highest BCUT2D eigenvalue weighted by atomic mass is 16.6. The lowest BCUT2D eigenvalue weighted by atomic mass is 10.0. The summed E-state index contributed by atoms with van der Waals surface area (Å²) in [6, 6.07) is 14.3. The second-order valence-corrected chi connectivity index (χ2v) is 6.69. The molecule has 0 radical (unpaired) electrons. The lowest BCUT2D eigenvalue weighted by molar-refractivity contribution is -0.916. The number of fused-ring (bicyclic) bond motifs is 1. The Balaban J connectivity index is 1.79. The molecule has 1 heterocycles. The first-order valence-corrected chi connectivity index (χ1v) is 9.43. The van der Waals surface area contributed by atoms with Crippen LogP contribution in [0.3, 0.4) is 0 Å². The summed E-state index contributed by atoms with van der Waals surface area (Å²) in [7, 11) is 1.94. The van der Waals surface area contributed by atoms with Crippen molar-refractivity contribution in [3.63, 3.8) is 0 Å². The maximum Gasteiger partial charge on any atom is 0.321 e. The monoisotopic (exact) mass is 384 g/mol. The third-order valence-electron chi connectivity index (χ3n) is 4.55. The third kappa shape index (κ3) is 4.80. The normalized spacial score (nSPS) is 14.6. The number of amides is 3. The average molecular weight is 384 g/mol. The van der Waals surface area contributed by atoms with Crippen LogP contribution in [-0.4, -0.2) is 38.7 Å². The van der Waals surface area contributed by atoms with Crippen LogP contribution in [0.2, 0.25) is 0 Å². The van der Waals surface area contributed by atoms with Gasteiger partial charge in [0.15, 0.2) is 17.5 Å². The quantitative estimate of drug-likeness (QED) is 0.696. The number of urea groups is 1. The number of carbonyl (C=O) groups excluding carboxylic acids is 2. The molecule has 2 atom stereocenters. The summed E-state index contributed by atoms with van der Waals surface area (Å²) in [5.74, 6) is 1.12. The molecule has 1 aliphatic rings. The number of quaternary nitrogens is 1. The Kier molecular flexibility index (Phi) is 6.49. The number of nitrogens with one attached hydrogen (secondary N) is 3. The van der Waals surface area contributed by atoms with Crippen molar-refractivity contribution in [3.05, 3.63) is 59.7 Å². The Morgan fingerprint density at radius 3 is 2.50 bits per heavy atom. The molecule has 0 saturated carbocycles. The van der Waals surface area contributed by atoms with Gasteiger partial charge < -0.3 is 19.7 Å². The summed E-state index contributed by atoms with van der Waals surface area (Å²) in [5, 5.41) is 5.04. The topological polar surface area (TPSA) is 81.1 Å². The first-order chi connectivity index (χ1) is 13.6. The number of rotatable bonds is 6. The molecule has 3 amide bonds. The van der Waals surface area contributed by atoms with Gasteiger partial charge in [-0.2, -0.15) is 0 Å². The molecule has 0 bridgehead atoms. The molecular weight excluding hydrogens is 358 g/mol. The Bertz CT molecular complexity index is 826. The van der Waals surface area contributed by atoms with Gasteiger partial charge in [-0.15, -0.1) is 0 Å². The van der Waals surface area contributed by atoms with Gasteiger partial charge >= 0.3 is 6.03 Å². The Morgan fingerprint density at radius 1 is 1.07 bits per heavy atom. The van der Waals surface area contributed by atoms with E-state index >= 15 is 0 Å². The molecular formula is C21H26N3O4+. The molecule has 28 heavy (non-hydrogen) atoms. The summed E-state index contributed by atoms with van der Waals surface area (Å²) < 4.78 is 11.2. The van der Waals surface area contributed by atoms with Crippen LogP contribution in [0.5, 0.6) is 11.5 Å². The van der Waals surface area contributed by atoms with Gasteiger partial charge in [0.25, 0.3) is 5.91 Å². The minimum absolute atomic E-state index is 0.341. The van der Waals surface area contributed by atoms with Crippen molar-refractivity contribution in [2.75, 3.05) is 26.8 Å². The van der Waals surface area contributed by atoms with Gasteiger partial charge in [-0.1, -0.05) is 30.3 Å². The molecule has 3 N–H and O–H groups in total. The number of hydrogen-bond donors (Lipinski definition) is 3. The molecule has 1 aliphatic heterocycles. The number of benzene rings is 2. The van der Waals surface area contributed by atoms with Gasteiger partial charge in [0.05, 0.1) is 7.05 Å². The van der Waals surface area contributed by atoms with Gasteiger partial charge in [-0.3, -0.25) is 10.1 Å². The van der Waals surface area contributed by atoms with E-state index in [9.17, 15) is 9.59 Å². The van der Waals surface area contributed by atoms with Crippen LogP contribution in [-0.2, 0) is 11.3 Å². The molecule has 7 heteroatoms. The van der Waals surface area contributed by atoms with Gasteiger partial charge in [0, 0.05) is 17.7 Å². The van der Waals surface area contributed by atoms with E-state index in [2.05, 4.69) is 10.6 Å². The molecule has 0 spiro atoms. The van der Waals surface area contributed by atoms with E-state index in [-0.39, 0.29) is 5.91 Å². The fourth-order valence-electron chi connectivity index (χ4n) is 3.32. The Hall–Kier alpha value is -3.06. The van der Waals surface area contributed by atoms with E-state index in [0.717, 1.165) is 27.5 Å². The molecule has 0 aromatic heterocycles. The van der Waals surface area contributed by atoms with E-state index in [1.54, 1.807) is 6.92 Å². The summed E-state index contributed by atoms with van der Waals surface area (Å²) in [6.07, 6.45) is 0. The van der Waals surface area contributed by atoms with Gasteiger partial charge in [-0.25, -0.2) is 4.79 Å². The van der Waals surface area contributed by atoms with Gasteiger partial charge in [-0.05, 0) is 25.1 Å². The van der Waals surface area contributed by atoms with E-state index in [1.165, 1.54) is 0 Å². The average Bonchev–Trinajstić information content (AvgIpc) is 2.69. The second-order valence-electron chi connectivity index (χ2n) is 6.69. The molecule has 148 valence electrons. The van der Waals surface area contributed by atoms with Crippen LogP contribution in [0.1, 0.15) is 24.1 Å². The Morgan fingerprint density at radius 2 is 1.79 bits per heavy atom. The molecule has 2 aromatic carbocycles. The molecule has 0 fully saturated rings. The predicted molar refractivity (Wildman–Crippen MR) is 104 cm³/mol. The number of hydrogen-bond acceptors (Lipinski definition) is 4. The fraction of sp³-hybridized carbons (Fsp3) is 0.333. The highest BCUT2D eigenvalue weighted by Crippen LogP contribution is 2.30. The smallest absolute Gasteiger partial charge is 0.321 e. The minimum atomic E-state index is -0.531. The molecule has 2 aromatic rings.